The molecule has 0 bridgehead atoms. The Kier molecular flexibility index (Phi) is 12.0. The number of aliphatic hydroxyl groups excluding tert-OH is 2. The lowest BCUT2D eigenvalue weighted by atomic mass is 9.87. The maximum absolute atomic E-state index is 12.3. The molecular weight excluding hydrogens is 372 g/mol. The number of carbonyl (C=O) groups excluding carboxylic acids is 3. The molecule has 0 heterocycles. The third kappa shape index (κ3) is 9.68. The van der Waals surface area contributed by atoms with Gasteiger partial charge in [0, 0.05) is 37.5 Å². The average molecular weight is 411 g/mol. The maximum Gasteiger partial charge on any atom is 0.305 e. The molecule has 0 spiro atoms. The predicted octanol–water partition coefficient (Wildman–Crippen LogP) is 3.38. The molecule has 1 saturated carbocycles. The number of aliphatic hydroxyl groups is 2. The van der Waals surface area contributed by atoms with Gasteiger partial charge in [-0.2, -0.15) is 0 Å². The summed E-state index contributed by atoms with van der Waals surface area (Å²) < 4.78 is 4.57. The minimum absolute atomic E-state index is 0.0329. The van der Waals surface area contributed by atoms with Crippen LogP contribution in [0.3, 0.4) is 0 Å². The quantitative estimate of drug-likeness (QED) is 0.259. The largest absolute Gasteiger partial charge is 0.469 e. The lowest BCUT2D eigenvalue weighted by molar-refractivity contribution is -0.140. The molecule has 1 aliphatic rings. The number of hydrogen-bond acceptors (Lipinski definition) is 6. The standard InChI is InChI=1S/C23H38O6/c1-4-5-8-16(2)13-18(25)11-12-19-20(22(27)15-21(19)26)14-17(24)9-6-7-10-23(28)29-3/h11-12,16,18-21,25-26H,4-10,13-15H2,1-3H3/b12-11+/t16-,18-,19+,20+,21+/m0/s1. The van der Waals surface area contributed by atoms with Gasteiger partial charge in [0.05, 0.1) is 19.3 Å². The highest BCUT2D eigenvalue weighted by atomic mass is 16.5. The van der Waals surface area contributed by atoms with Crippen LogP contribution in [0.15, 0.2) is 12.2 Å². The predicted molar refractivity (Wildman–Crippen MR) is 111 cm³/mol. The van der Waals surface area contributed by atoms with Crippen molar-refractivity contribution in [1.82, 2.24) is 0 Å². The Bertz CT molecular complexity index is 556. The smallest absolute Gasteiger partial charge is 0.305 e. The third-order valence-electron chi connectivity index (χ3n) is 5.74. The number of unbranched alkanes of at least 4 members (excludes halogenated alkanes) is 2. The SMILES string of the molecule is CCCC[C@H](C)C[C@@H](O)/C=C/[C@H]1[C@H](O)CC(=O)[C@@H]1CC(=O)CCCCC(=O)OC. The number of rotatable bonds is 14. The second-order valence-corrected chi connectivity index (χ2v) is 8.38. The van der Waals surface area contributed by atoms with E-state index in [0.29, 0.717) is 31.6 Å². The Morgan fingerprint density at radius 2 is 1.93 bits per heavy atom. The molecular formula is C23H38O6. The lowest BCUT2D eigenvalue weighted by Gasteiger charge is -2.18. The summed E-state index contributed by atoms with van der Waals surface area (Å²) in [5.41, 5.74) is 0. The van der Waals surface area contributed by atoms with Gasteiger partial charge in [0.15, 0.2) is 0 Å². The first-order valence-electron chi connectivity index (χ1n) is 10.9. The highest BCUT2D eigenvalue weighted by Gasteiger charge is 2.40. The van der Waals surface area contributed by atoms with Gasteiger partial charge in [0.2, 0.25) is 0 Å². The second kappa shape index (κ2) is 13.6. The number of hydrogen-bond donors (Lipinski definition) is 2. The first-order valence-corrected chi connectivity index (χ1v) is 10.9. The van der Waals surface area contributed by atoms with Gasteiger partial charge < -0.3 is 14.9 Å². The highest BCUT2D eigenvalue weighted by molar-refractivity contribution is 5.90. The first kappa shape index (κ1) is 25.5. The van der Waals surface area contributed by atoms with Crippen molar-refractivity contribution in [2.45, 2.75) is 90.3 Å². The first-order chi connectivity index (χ1) is 13.8. The van der Waals surface area contributed by atoms with Crippen molar-refractivity contribution in [3.63, 3.8) is 0 Å². The molecule has 0 amide bonds. The molecule has 0 radical (unpaired) electrons. The zero-order valence-electron chi connectivity index (χ0n) is 18.1. The van der Waals surface area contributed by atoms with Gasteiger partial charge >= 0.3 is 5.97 Å². The van der Waals surface area contributed by atoms with Crippen LogP contribution in [0, 0.1) is 17.8 Å². The van der Waals surface area contributed by atoms with Crippen molar-refractivity contribution in [2.75, 3.05) is 7.11 Å². The normalized spacial score (nSPS) is 24.0. The number of methoxy groups -OCH3 is 1. The van der Waals surface area contributed by atoms with E-state index >= 15 is 0 Å². The molecule has 0 aromatic heterocycles. The van der Waals surface area contributed by atoms with Crippen LogP contribution in [-0.2, 0) is 19.1 Å². The van der Waals surface area contributed by atoms with E-state index in [4.69, 9.17) is 0 Å². The summed E-state index contributed by atoms with van der Waals surface area (Å²) in [7, 11) is 1.33. The Balaban J connectivity index is 2.52. The fourth-order valence-corrected chi connectivity index (χ4v) is 3.95. The zero-order valence-corrected chi connectivity index (χ0v) is 18.1. The van der Waals surface area contributed by atoms with E-state index in [1.54, 1.807) is 12.2 Å². The van der Waals surface area contributed by atoms with Crippen LogP contribution in [0.1, 0.15) is 78.1 Å². The molecule has 0 unspecified atom stereocenters. The number of esters is 1. The molecule has 0 saturated heterocycles. The molecule has 2 N–H and O–H groups in total. The molecule has 166 valence electrons. The number of Topliss-reactive ketones (excluding diaryl/α,β-unsaturated/α-hetero) is 2. The minimum Gasteiger partial charge on any atom is -0.469 e. The fraction of sp³-hybridized carbons (Fsp3) is 0.783. The molecule has 5 atom stereocenters. The van der Waals surface area contributed by atoms with Crippen LogP contribution < -0.4 is 0 Å². The molecule has 0 aliphatic heterocycles. The zero-order chi connectivity index (χ0) is 21.8. The summed E-state index contributed by atoms with van der Waals surface area (Å²) in [5, 5.41) is 20.5. The second-order valence-electron chi connectivity index (χ2n) is 8.38. The van der Waals surface area contributed by atoms with Gasteiger partial charge in [0.1, 0.15) is 11.6 Å². The molecule has 6 heteroatoms. The minimum atomic E-state index is -0.805. The van der Waals surface area contributed by atoms with Crippen LogP contribution in [-0.4, -0.2) is 47.1 Å². The topological polar surface area (TPSA) is 101 Å². The van der Waals surface area contributed by atoms with Gasteiger partial charge in [0.25, 0.3) is 0 Å². The lowest BCUT2D eigenvalue weighted by Crippen LogP contribution is -2.22. The molecule has 0 aromatic carbocycles. The fourth-order valence-electron chi connectivity index (χ4n) is 3.95. The van der Waals surface area contributed by atoms with Crippen LogP contribution in [0.2, 0.25) is 0 Å². The van der Waals surface area contributed by atoms with E-state index in [0.717, 1.165) is 19.3 Å². The van der Waals surface area contributed by atoms with Crippen LogP contribution in [0.5, 0.6) is 0 Å². The maximum atomic E-state index is 12.3. The Morgan fingerprint density at radius 1 is 1.24 bits per heavy atom. The number of ether oxygens (including phenoxy) is 1. The Labute approximate surface area is 174 Å². The Morgan fingerprint density at radius 3 is 2.59 bits per heavy atom. The Hall–Kier alpha value is -1.53. The van der Waals surface area contributed by atoms with E-state index in [-0.39, 0.29) is 36.8 Å². The van der Waals surface area contributed by atoms with E-state index < -0.39 is 24.0 Å². The monoisotopic (exact) mass is 410 g/mol. The highest BCUT2D eigenvalue weighted by Crippen LogP contribution is 2.34. The summed E-state index contributed by atoms with van der Waals surface area (Å²) in [5.74, 6) is -0.970. The van der Waals surface area contributed by atoms with Crippen LogP contribution in [0.25, 0.3) is 0 Å². The molecule has 1 aliphatic carbocycles. The van der Waals surface area contributed by atoms with Crippen molar-refractivity contribution in [1.29, 1.82) is 0 Å². The van der Waals surface area contributed by atoms with E-state index in [2.05, 4.69) is 18.6 Å². The summed E-state index contributed by atoms with van der Waals surface area (Å²) in [6.45, 7) is 4.25. The summed E-state index contributed by atoms with van der Waals surface area (Å²) in [6, 6.07) is 0. The van der Waals surface area contributed by atoms with Crippen molar-refractivity contribution in [3.05, 3.63) is 12.2 Å². The van der Waals surface area contributed by atoms with Crippen molar-refractivity contribution >= 4 is 17.5 Å². The van der Waals surface area contributed by atoms with Gasteiger partial charge in [-0.05, 0) is 25.2 Å². The molecule has 0 aromatic rings. The number of carbonyl (C=O) groups is 3. The van der Waals surface area contributed by atoms with Crippen molar-refractivity contribution < 1.29 is 29.3 Å². The summed E-state index contributed by atoms with van der Waals surface area (Å²) in [6.07, 6.45) is 7.86. The van der Waals surface area contributed by atoms with Crippen molar-refractivity contribution in [3.8, 4) is 0 Å². The third-order valence-corrected chi connectivity index (χ3v) is 5.74. The van der Waals surface area contributed by atoms with Gasteiger partial charge in [-0.1, -0.05) is 45.3 Å². The van der Waals surface area contributed by atoms with E-state index in [1.807, 2.05) is 0 Å². The number of ketones is 2. The van der Waals surface area contributed by atoms with Crippen LogP contribution >= 0.6 is 0 Å². The van der Waals surface area contributed by atoms with Crippen LogP contribution in [0.4, 0.5) is 0 Å². The molecule has 6 nitrogen and oxygen atoms in total. The summed E-state index contributed by atoms with van der Waals surface area (Å²) in [4.78, 5) is 35.6. The summed E-state index contributed by atoms with van der Waals surface area (Å²) >= 11 is 0. The van der Waals surface area contributed by atoms with Gasteiger partial charge in [-0.15, -0.1) is 0 Å². The molecule has 1 fully saturated rings. The molecule has 1 rings (SSSR count). The molecule has 29 heavy (non-hydrogen) atoms. The van der Waals surface area contributed by atoms with Crippen molar-refractivity contribution in [2.24, 2.45) is 17.8 Å². The van der Waals surface area contributed by atoms with Gasteiger partial charge in [-0.3, -0.25) is 14.4 Å². The van der Waals surface area contributed by atoms with E-state index in [1.165, 1.54) is 7.11 Å². The van der Waals surface area contributed by atoms with Gasteiger partial charge in [-0.25, -0.2) is 0 Å². The van der Waals surface area contributed by atoms with E-state index in [9.17, 15) is 24.6 Å². The average Bonchev–Trinajstić information content (AvgIpc) is 2.94.